The number of nitrogens with zero attached hydrogens (tertiary/aromatic N) is 3. The highest BCUT2D eigenvalue weighted by Crippen LogP contribution is 2.34. The number of piperidine rings is 3. The zero-order valence-corrected chi connectivity index (χ0v) is 15.8. The number of aromatic nitrogens is 1. The van der Waals surface area contributed by atoms with Crippen molar-refractivity contribution in [2.75, 3.05) is 44.3 Å². The smallest absolute Gasteiger partial charge is 0.270 e. The van der Waals surface area contributed by atoms with Crippen LogP contribution in [-0.2, 0) is 9.53 Å². The molecule has 4 aliphatic rings. The third kappa shape index (κ3) is 3.11. The van der Waals surface area contributed by atoms with Crippen LogP contribution in [0.25, 0.3) is 10.1 Å². The highest BCUT2D eigenvalue weighted by molar-refractivity contribution is 7.17. The molecule has 1 atom stereocenters. The Balaban J connectivity index is 1.39. The molecule has 2 amide bonds. The summed E-state index contributed by atoms with van der Waals surface area (Å²) in [5, 5.41) is 6.06. The Labute approximate surface area is 161 Å². The van der Waals surface area contributed by atoms with Gasteiger partial charge in [-0.1, -0.05) is 0 Å². The molecule has 142 valence electrons. The maximum Gasteiger partial charge on any atom is 0.270 e. The van der Waals surface area contributed by atoms with E-state index in [9.17, 15) is 9.59 Å². The van der Waals surface area contributed by atoms with E-state index in [1.807, 2.05) is 11.4 Å². The Bertz CT molecular complexity index is 890. The van der Waals surface area contributed by atoms with Gasteiger partial charge in [0.1, 0.15) is 12.3 Å². The molecule has 2 bridgehead atoms. The lowest BCUT2D eigenvalue weighted by atomic mass is 9.84. The van der Waals surface area contributed by atoms with E-state index in [2.05, 4.69) is 15.2 Å². The van der Waals surface area contributed by atoms with Gasteiger partial charge in [0.15, 0.2) is 0 Å². The number of hydrogen-bond donors (Lipinski definition) is 1. The molecule has 7 nitrogen and oxygen atoms in total. The Morgan fingerprint density at radius 1 is 1.30 bits per heavy atom. The Hall–Kier alpha value is -2.03. The van der Waals surface area contributed by atoms with Crippen LogP contribution in [0.3, 0.4) is 0 Å². The molecule has 6 heterocycles. The molecule has 0 aromatic carbocycles. The molecule has 0 radical (unpaired) electrons. The van der Waals surface area contributed by atoms with Gasteiger partial charge in [0.2, 0.25) is 0 Å². The quantitative estimate of drug-likeness (QED) is 0.865. The summed E-state index contributed by atoms with van der Waals surface area (Å²) < 4.78 is 6.20. The van der Waals surface area contributed by atoms with Crippen LogP contribution in [0.2, 0.25) is 0 Å². The van der Waals surface area contributed by atoms with E-state index in [0.717, 1.165) is 48.2 Å². The second-order valence-electron chi connectivity index (χ2n) is 7.50. The fraction of sp³-hybridized carbons (Fsp3) is 0.526. The molecule has 8 heteroatoms. The number of carbonyl (C=O) groups is 2. The number of thiophene rings is 1. The van der Waals surface area contributed by atoms with Crippen molar-refractivity contribution in [3.8, 4) is 0 Å². The van der Waals surface area contributed by atoms with Crippen LogP contribution in [0.5, 0.6) is 0 Å². The number of pyridine rings is 1. The first kappa shape index (κ1) is 17.1. The second-order valence-corrected chi connectivity index (χ2v) is 8.41. The highest BCUT2D eigenvalue weighted by Gasteiger charge is 2.35. The Kier molecular flexibility index (Phi) is 4.34. The van der Waals surface area contributed by atoms with Gasteiger partial charge < -0.3 is 19.9 Å². The summed E-state index contributed by atoms with van der Waals surface area (Å²) in [6, 6.07) is 2.03. The van der Waals surface area contributed by atoms with E-state index in [4.69, 9.17) is 4.74 Å². The number of amides is 2. The number of anilines is 1. The first-order valence-corrected chi connectivity index (χ1v) is 10.4. The van der Waals surface area contributed by atoms with Crippen molar-refractivity contribution >= 4 is 38.9 Å². The predicted molar refractivity (Wildman–Crippen MR) is 103 cm³/mol. The SMILES string of the molecule is O=C(NC1CN2CCC1CC2)c1cc2c(N3CCOCC3=O)csc2cn1. The number of nitrogens with one attached hydrogen (secondary N) is 1. The summed E-state index contributed by atoms with van der Waals surface area (Å²) in [4.78, 5) is 33.5. The Morgan fingerprint density at radius 3 is 2.89 bits per heavy atom. The molecule has 4 saturated heterocycles. The molecular formula is C19H22N4O3S. The summed E-state index contributed by atoms with van der Waals surface area (Å²) >= 11 is 1.54. The minimum Gasteiger partial charge on any atom is -0.370 e. The maximum atomic E-state index is 12.8. The fourth-order valence-corrected chi connectivity index (χ4v) is 5.29. The molecule has 1 unspecified atom stereocenters. The normalized spacial score (nSPS) is 27.9. The zero-order chi connectivity index (χ0) is 18.4. The van der Waals surface area contributed by atoms with E-state index in [-0.39, 0.29) is 24.5 Å². The third-order valence-corrected chi connectivity index (χ3v) is 6.84. The summed E-state index contributed by atoms with van der Waals surface area (Å²) in [6.45, 7) is 4.40. The number of ether oxygens (including phenoxy) is 1. The van der Waals surface area contributed by atoms with Crippen LogP contribution in [-0.4, -0.2) is 67.1 Å². The van der Waals surface area contributed by atoms with Gasteiger partial charge in [0.25, 0.3) is 11.8 Å². The van der Waals surface area contributed by atoms with Crippen molar-refractivity contribution in [1.29, 1.82) is 0 Å². The molecular weight excluding hydrogens is 364 g/mol. The van der Waals surface area contributed by atoms with Gasteiger partial charge in [-0.25, -0.2) is 4.98 Å². The van der Waals surface area contributed by atoms with E-state index in [0.29, 0.717) is 24.8 Å². The highest BCUT2D eigenvalue weighted by atomic mass is 32.1. The lowest BCUT2D eigenvalue weighted by Gasteiger charge is -2.44. The standard InChI is InChI=1S/C19H22N4O3S/c24-18-10-26-6-5-23(18)16-11-27-17-8-20-14(7-13(16)17)19(25)21-15-9-22-3-1-12(15)2-4-22/h7-8,11-12,15H,1-6,9-10H2,(H,21,25). The van der Waals surface area contributed by atoms with Gasteiger partial charge in [-0.15, -0.1) is 11.3 Å². The monoisotopic (exact) mass is 386 g/mol. The Morgan fingerprint density at radius 2 is 2.15 bits per heavy atom. The number of hydrogen-bond acceptors (Lipinski definition) is 6. The van der Waals surface area contributed by atoms with Crippen molar-refractivity contribution in [3.05, 3.63) is 23.3 Å². The van der Waals surface area contributed by atoms with E-state index >= 15 is 0 Å². The van der Waals surface area contributed by atoms with Crippen LogP contribution in [0, 0.1) is 5.92 Å². The zero-order valence-electron chi connectivity index (χ0n) is 15.0. The van der Waals surface area contributed by atoms with E-state index < -0.39 is 0 Å². The number of fused-ring (bicyclic) bond motifs is 4. The summed E-state index contributed by atoms with van der Waals surface area (Å²) in [7, 11) is 0. The molecule has 4 fully saturated rings. The number of rotatable bonds is 3. The topological polar surface area (TPSA) is 74.8 Å². The molecule has 2 aromatic heterocycles. The van der Waals surface area contributed by atoms with Crippen molar-refractivity contribution in [3.63, 3.8) is 0 Å². The maximum absolute atomic E-state index is 12.8. The second kappa shape index (κ2) is 6.85. The first-order valence-electron chi connectivity index (χ1n) is 9.47. The molecule has 4 aliphatic heterocycles. The molecule has 27 heavy (non-hydrogen) atoms. The van der Waals surface area contributed by atoms with Gasteiger partial charge in [-0.3, -0.25) is 9.59 Å². The molecule has 6 rings (SSSR count). The van der Waals surface area contributed by atoms with Gasteiger partial charge in [0.05, 0.1) is 17.0 Å². The van der Waals surface area contributed by atoms with Crippen molar-refractivity contribution in [2.24, 2.45) is 5.92 Å². The van der Waals surface area contributed by atoms with Crippen molar-refractivity contribution in [2.45, 2.75) is 18.9 Å². The van der Waals surface area contributed by atoms with Crippen molar-refractivity contribution < 1.29 is 14.3 Å². The van der Waals surface area contributed by atoms with Gasteiger partial charge in [-0.05, 0) is 37.9 Å². The van der Waals surface area contributed by atoms with Crippen LogP contribution < -0.4 is 10.2 Å². The van der Waals surface area contributed by atoms with Crippen molar-refractivity contribution in [1.82, 2.24) is 15.2 Å². The van der Waals surface area contributed by atoms with E-state index in [1.54, 1.807) is 11.1 Å². The minimum atomic E-state index is -0.124. The largest absolute Gasteiger partial charge is 0.370 e. The molecule has 0 saturated carbocycles. The average molecular weight is 386 g/mol. The lowest BCUT2D eigenvalue weighted by Crippen LogP contribution is -2.57. The van der Waals surface area contributed by atoms with Crippen LogP contribution in [0.1, 0.15) is 23.3 Å². The first-order chi connectivity index (χ1) is 13.2. The lowest BCUT2D eigenvalue weighted by molar-refractivity contribution is -0.125. The van der Waals surface area contributed by atoms with Gasteiger partial charge >= 0.3 is 0 Å². The summed E-state index contributed by atoms with van der Waals surface area (Å²) in [5.74, 6) is 0.405. The van der Waals surface area contributed by atoms with Crippen LogP contribution in [0.4, 0.5) is 5.69 Å². The summed E-state index contributed by atoms with van der Waals surface area (Å²) in [5.41, 5.74) is 1.27. The fourth-order valence-electron chi connectivity index (χ4n) is 4.40. The summed E-state index contributed by atoms with van der Waals surface area (Å²) in [6.07, 6.45) is 4.05. The predicted octanol–water partition coefficient (Wildman–Crippen LogP) is 1.48. The van der Waals surface area contributed by atoms with Crippen LogP contribution in [0.15, 0.2) is 17.6 Å². The molecule has 2 aromatic rings. The number of morpholine rings is 1. The van der Waals surface area contributed by atoms with E-state index in [1.165, 1.54) is 11.3 Å². The van der Waals surface area contributed by atoms with Gasteiger partial charge in [0, 0.05) is 36.1 Å². The van der Waals surface area contributed by atoms with Crippen LogP contribution >= 0.6 is 11.3 Å². The molecule has 1 N–H and O–H groups in total. The number of carbonyl (C=O) groups excluding carboxylic acids is 2. The third-order valence-electron chi connectivity index (χ3n) is 5.92. The average Bonchev–Trinajstić information content (AvgIpc) is 3.12. The molecule has 0 spiro atoms. The molecule has 0 aliphatic carbocycles. The van der Waals surface area contributed by atoms with Gasteiger partial charge in [-0.2, -0.15) is 0 Å². The minimum absolute atomic E-state index is 0.0453.